The third kappa shape index (κ3) is 4.19. The molecule has 3 atom stereocenters. The van der Waals surface area contributed by atoms with Crippen LogP contribution in [-0.2, 0) is 9.59 Å². The molecular weight excluding hydrogens is 306 g/mol. The lowest BCUT2D eigenvalue weighted by atomic mass is 10.1. The van der Waals surface area contributed by atoms with E-state index in [1.807, 2.05) is 5.32 Å². The van der Waals surface area contributed by atoms with Gasteiger partial charge in [-0.2, -0.15) is 13.2 Å². The highest BCUT2D eigenvalue weighted by molar-refractivity contribution is 5.87. The molecule has 0 heterocycles. The van der Waals surface area contributed by atoms with Crippen LogP contribution in [0.3, 0.4) is 0 Å². The van der Waals surface area contributed by atoms with Gasteiger partial charge in [0.2, 0.25) is 5.91 Å². The van der Waals surface area contributed by atoms with Crippen LogP contribution in [-0.4, -0.2) is 29.2 Å². The Hall–Kier alpha value is -2.12. The van der Waals surface area contributed by atoms with E-state index in [-0.39, 0.29) is 5.92 Å². The molecule has 1 fully saturated rings. The van der Waals surface area contributed by atoms with Gasteiger partial charge in [0.1, 0.15) is 11.9 Å². The SMILES string of the molecule is O=C(O)C(CC(F)(F)F)NC(=O)C1CC1c1ccc(F)cc1. The Balaban J connectivity index is 1.95. The van der Waals surface area contributed by atoms with Crippen molar-refractivity contribution in [2.24, 2.45) is 5.92 Å². The van der Waals surface area contributed by atoms with Gasteiger partial charge in [0.15, 0.2) is 0 Å². The van der Waals surface area contributed by atoms with Crippen molar-refractivity contribution in [1.82, 2.24) is 5.32 Å². The molecule has 0 aromatic heterocycles. The molecular formula is C14H13F4NO3. The highest BCUT2D eigenvalue weighted by Gasteiger charge is 2.46. The van der Waals surface area contributed by atoms with Gasteiger partial charge in [-0.15, -0.1) is 0 Å². The summed E-state index contributed by atoms with van der Waals surface area (Å²) in [6.07, 6.45) is -5.91. The third-order valence-electron chi connectivity index (χ3n) is 3.48. The molecule has 120 valence electrons. The van der Waals surface area contributed by atoms with Crippen LogP contribution >= 0.6 is 0 Å². The van der Waals surface area contributed by atoms with Gasteiger partial charge < -0.3 is 10.4 Å². The number of rotatable bonds is 5. The van der Waals surface area contributed by atoms with Crippen LogP contribution in [0.2, 0.25) is 0 Å². The summed E-state index contributed by atoms with van der Waals surface area (Å²) in [5.74, 6) is -3.70. The summed E-state index contributed by atoms with van der Waals surface area (Å²) in [4.78, 5) is 22.6. The van der Waals surface area contributed by atoms with Gasteiger partial charge in [-0.25, -0.2) is 9.18 Å². The van der Waals surface area contributed by atoms with Crippen molar-refractivity contribution in [2.45, 2.75) is 31.0 Å². The topological polar surface area (TPSA) is 66.4 Å². The second kappa shape index (κ2) is 5.94. The normalized spacial score (nSPS) is 22.0. The smallest absolute Gasteiger partial charge is 0.391 e. The summed E-state index contributed by atoms with van der Waals surface area (Å²) in [5, 5.41) is 10.7. The largest absolute Gasteiger partial charge is 0.480 e. The fourth-order valence-corrected chi connectivity index (χ4v) is 2.27. The maximum Gasteiger partial charge on any atom is 0.391 e. The van der Waals surface area contributed by atoms with E-state index in [9.17, 15) is 27.2 Å². The van der Waals surface area contributed by atoms with Crippen LogP contribution in [0.15, 0.2) is 24.3 Å². The van der Waals surface area contributed by atoms with Crippen molar-refractivity contribution in [2.75, 3.05) is 0 Å². The molecule has 0 bridgehead atoms. The maximum absolute atomic E-state index is 12.8. The number of benzene rings is 1. The quantitative estimate of drug-likeness (QED) is 0.819. The summed E-state index contributed by atoms with van der Waals surface area (Å²) in [7, 11) is 0. The molecule has 0 radical (unpaired) electrons. The molecule has 8 heteroatoms. The minimum atomic E-state index is -4.68. The zero-order valence-corrected chi connectivity index (χ0v) is 11.2. The number of halogens is 4. The number of carbonyl (C=O) groups excluding carboxylic acids is 1. The van der Waals surface area contributed by atoms with Gasteiger partial charge in [-0.3, -0.25) is 4.79 Å². The third-order valence-corrected chi connectivity index (χ3v) is 3.48. The maximum atomic E-state index is 12.8. The van der Waals surface area contributed by atoms with Crippen LogP contribution in [0.1, 0.15) is 24.3 Å². The summed E-state index contributed by atoms with van der Waals surface area (Å²) in [6, 6.07) is 3.45. The second-order valence-corrected chi connectivity index (χ2v) is 5.22. The molecule has 0 spiro atoms. The zero-order chi connectivity index (χ0) is 16.5. The number of carbonyl (C=O) groups is 2. The predicted octanol–water partition coefficient (Wildman–Crippen LogP) is 2.45. The molecule has 1 aliphatic rings. The monoisotopic (exact) mass is 319 g/mol. The summed E-state index contributed by atoms with van der Waals surface area (Å²) in [5.41, 5.74) is 0.698. The Morgan fingerprint density at radius 1 is 1.27 bits per heavy atom. The second-order valence-electron chi connectivity index (χ2n) is 5.22. The van der Waals surface area contributed by atoms with Crippen molar-refractivity contribution in [3.05, 3.63) is 35.6 Å². The van der Waals surface area contributed by atoms with Gasteiger partial charge in [0, 0.05) is 5.92 Å². The van der Waals surface area contributed by atoms with Crippen LogP contribution in [0.4, 0.5) is 17.6 Å². The molecule has 1 aromatic carbocycles. The van der Waals surface area contributed by atoms with Gasteiger partial charge in [-0.05, 0) is 30.0 Å². The van der Waals surface area contributed by atoms with Crippen LogP contribution < -0.4 is 5.32 Å². The average molecular weight is 319 g/mol. The first-order valence-corrected chi connectivity index (χ1v) is 6.53. The van der Waals surface area contributed by atoms with Crippen molar-refractivity contribution >= 4 is 11.9 Å². The number of nitrogens with one attached hydrogen (secondary N) is 1. The van der Waals surface area contributed by atoms with Crippen LogP contribution in [0.5, 0.6) is 0 Å². The lowest BCUT2D eigenvalue weighted by Crippen LogP contribution is -2.44. The Morgan fingerprint density at radius 2 is 1.86 bits per heavy atom. The molecule has 2 rings (SSSR count). The number of hydrogen-bond donors (Lipinski definition) is 2. The van der Waals surface area contributed by atoms with Gasteiger partial charge in [-0.1, -0.05) is 12.1 Å². The number of carboxylic acid groups (broad SMARTS) is 1. The zero-order valence-electron chi connectivity index (χ0n) is 11.2. The van der Waals surface area contributed by atoms with Crippen LogP contribution in [0, 0.1) is 11.7 Å². The molecule has 3 unspecified atom stereocenters. The van der Waals surface area contributed by atoms with Gasteiger partial charge in [0.05, 0.1) is 6.42 Å². The minimum absolute atomic E-state index is 0.221. The first-order valence-electron chi connectivity index (χ1n) is 6.53. The Morgan fingerprint density at radius 3 is 2.36 bits per heavy atom. The van der Waals surface area contributed by atoms with Crippen molar-refractivity contribution in [1.29, 1.82) is 0 Å². The van der Waals surface area contributed by atoms with Crippen molar-refractivity contribution < 1.29 is 32.3 Å². The molecule has 2 N–H and O–H groups in total. The molecule has 22 heavy (non-hydrogen) atoms. The molecule has 1 aromatic rings. The lowest BCUT2D eigenvalue weighted by molar-refractivity contribution is -0.160. The summed E-state index contributed by atoms with van der Waals surface area (Å²) >= 11 is 0. The fourth-order valence-electron chi connectivity index (χ4n) is 2.27. The molecule has 1 aliphatic carbocycles. The lowest BCUT2D eigenvalue weighted by Gasteiger charge is -2.16. The molecule has 1 saturated carbocycles. The number of alkyl halides is 3. The minimum Gasteiger partial charge on any atom is -0.480 e. The fraction of sp³-hybridized carbons (Fsp3) is 0.429. The first-order chi connectivity index (χ1) is 10.2. The van der Waals surface area contributed by atoms with E-state index in [1.165, 1.54) is 24.3 Å². The van der Waals surface area contributed by atoms with E-state index < -0.39 is 42.3 Å². The Bertz CT molecular complexity index is 570. The Labute approximate surface area is 123 Å². The van der Waals surface area contributed by atoms with E-state index in [2.05, 4.69) is 0 Å². The van der Waals surface area contributed by atoms with E-state index in [1.54, 1.807) is 0 Å². The van der Waals surface area contributed by atoms with E-state index >= 15 is 0 Å². The van der Waals surface area contributed by atoms with E-state index in [0.717, 1.165) is 0 Å². The van der Waals surface area contributed by atoms with Crippen molar-refractivity contribution in [3.63, 3.8) is 0 Å². The number of amides is 1. The Kier molecular flexibility index (Phi) is 4.39. The first kappa shape index (κ1) is 16.3. The molecule has 0 aliphatic heterocycles. The highest BCUT2D eigenvalue weighted by atomic mass is 19.4. The number of hydrogen-bond acceptors (Lipinski definition) is 2. The summed E-state index contributed by atoms with van der Waals surface area (Å²) < 4.78 is 49.6. The number of carboxylic acids is 1. The van der Waals surface area contributed by atoms with Gasteiger partial charge in [0.25, 0.3) is 0 Å². The average Bonchev–Trinajstić information content (AvgIpc) is 3.17. The molecule has 4 nitrogen and oxygen atoms in total. The standard InChI is InChI=1S/C14H13F4NO3/c15-8-3-1-7(2-4-8)9-5-10(9)12(20)19-11(13(21)22)6-14(16,17)18/h1-4,9-11H,5-6H2,(H,19,20)(H,21,22). The molecule has 0 saturated heterocycles. The number of aliphatic carboxylic acids is 1. The van der Waals surface area contributed by atoms with Crippen LogP contribution in [0.25, 0.3) is 0 Å². The van der Waals surface area contributed by atoms with Crippen molar-refractivity contribution in [3.8, 4) is 0 Å². The van der Waals surface area contributed by atoms with E-state index in [0.29, 0.717) is 12.0 Å². The van der Waals surface area contributed by atoms with E-state index in [4.69, 9.17) is 5.11 Å². The van der Waals surface area contributed by atoms with Gasteiger partial charge >= 0.3 is 12.1 Å². The highest BCUT2D eigenvalue weighted by Crippen LogP contribution is 2.47. The predicted molar refractivity (Wildman–Crippen MR) is 67.5 cm³/mol. The summed E-state index contributed by atoms with van der Waals surface area (Å²) in [6.45, 7) is 0. The molecule has 1 amide bonds.